The second kappa shape index (κ2) is 6.87. The van der Waals surface area contributed by atoms with Gasteiger partial charge >= 0.3 is 0 Å². The zero-order valence-electron chi connectivity index (χ0n) is 11.6. The van der Waals surface area contributed by atoms with Gasteiger partial charge in [-0.05, 0) is 37.6 Å². The Balaban J connectivity index is 1.95. The van der Waals surface area contributed by atoms with Crippen LogP contribution in [0.25, 0.3) is 0 Å². The molecule has 0 amide bonds. The van der Waals surface area contributed by atoms with Gasteiger partial charge in [-0.2, -0.15) is 0 Å². The molecule has 1 aliphatic heterocycles. The summed E-state index contributed by atoms with van der Waals surface area (Å²) in [4.78, 5) is 0. The predicted octanol–water partition coefficient (Wildman–Crippen LogP) is 2.53. The minimum Gasteiger partial charge on any atom is -0.489 e. The topological polar surface area (TPSA) is 30.5 Å². The zero-order chi connectivity index (χ0) is 13.7. The summed E-state index contributed by atoms with van der Waals surface area (Å²) in [5, 5.41) is 3.40. The molecule has 106 valence electrons. The van der Waals surface area contributed by atoms with Crippen molar-refractivity contribution in [1.82, 2.24) is 5.32 Å². The van der Waals surface area contributed by atoms with Crippen molar-refractivity contribution in [1.29, 1.82) is 0 Å². The van der Waals surface area contributed by atoms with Crippen LogP contribution in [0.15, 0.2) is 18.2 Å². The van der Waals surface area contributed by atoms with Crippen molar-refractivity contribution in [3.05, 3.63) is 29.6 Å². The maximum absolute atomic E-state index is 13.6. The van der Waals surface area contributed by atoms with Crippen LogP contribution >= 0.6 is 0 Å². The Morgan fingerprint density at radius 1 is 1.53 bits per heavy atom. The minimum atomic E-state index is -0.302. The van der Waals surface area contributed by atoms with E-state index in [4.69, 9.17) is 9.47 Å². The molecular weight excluding hydrogens is 245 g/mol. The Hall–Kier alpha value is -1.13. The van der Waals surface area contributed by atoms with E-state index < -0.39 is 0 Å². The molecular formula is C15H22FNO2. The molecule has 19 heavy (non-hydrogen) atoms. The fourth-order valence-corrected chi connectivity index (χ4v) is 2.39. The van der Waals surface area contributed by atoms with Crippen molar-refractivity contribution >= 4 is 0 Å². The van der Waals surface area contributed by atoms with Gasteiger partial charge in [-0.15, -0.1) is 0 Å². The lowest BCUT2D eigenvalue weighted by molar-refractivity contribution is 0.159. The third kappa shape index (κ3) is 3.91. The average Bonchev–Trinajstić information content (AvgIpc) is 2.92. The molecule has 1 aliphatic rings. The predicted molar refractivity (Wildman–Crippen MR) is 73.0 cm³/mol. The number of hydrogen-bond acceptors (Lipinski definition) is 3. The van der Waals surface area contributed by atoms with Crippen molar-refractivity contribution in [3.8, 4) is 5.75 Å². The molecule has 0 radical (unpaired) electrons. The van der Waals surface area contributed by atoms with Crippen LogP contribution in [-0.4, -0.2) is 32.4 Å². The molecule has 1 aromatic rings. The van der Waals surface area contributed by atoms with E-state index >= 15 is 0 Å². The van der Waals surface area contributed by atoms with Crippen LogP contribution in [0.1, 0.15) is 18.9 Å². The second-order valence-electron chi connectivity index (χ2n) is 5.03. The third-order valence-electron chi connectivity index (χ3n) is 3.51. The standard InChI is InChI=1S/C15H22FNO2/c1-3-17-14(12-6-7-18-9-12)10-19-15-8-11(2)4-5-13(15)16/h4-5,8,12,14,17H,3,6-7,9-10H2,1-2H3. The summed E-state index contributed by atoms with van der Waals surface area (Å²) in [7, 11) is 0. The van der Waals surface area contributed by atoms with E-state index in [0.717, 1.165) is 31.7 Å². The summed E-state index contributed by atoms with van der Waals surface area (Å²) in [5.41, 5.74) is 1.00. The molecule has 0 aromatic heterocycles. The molecule has 1 fully saturated rings. The van der Waals surface area contributed by atoms with Crippen LogP contribution in [0.2, 0.25) is 0 Å². The van der Waals surface area contributed by atoms with Crippen LogP contribution in [-0.2, 0) is 4.74 Å². The van der Waals surface area contributed by atoms with E-state index in [9.17, 15) is 4.39 Å². The molecule has 0 saturated carbocycles. The number of rotatable bonds is 6. The van der Waals surface area contributed by atoms with Gasteiger partial charge in [0.05, 0.1) is 6.61 Å². The molecule has 0 bridgehead atoms. The van der Waals surface area contributed by atoms with E-state index in [2.05, 4.69) is 12.2 Å². The molecule has 2 unspecified atom stereocenters. The average molecular weight is 267 g/mol. The summed E-state index contributed by atoms with van der Waals surface area (Å²) < 4.78 is 24.7. The molecule has 0 spiro atoms. The number of halogens is 1. The number of hydrogen-bond donors (Lipinski definition) is 1. The van der Waals surface area contributed by atoms with Gasteiger partial charge in [0.2, 0.25) is 0 Å². The first-order valence-corrected chi connectivity index (χ1v) is 6.90. The fourth-order valence-electron chi connectivity index (χ4n) is 2.39. The lowest BCUT2D eigenvalue weighted by atomic mass is 10.00. The van der Waals surface area contributed by atoms with E-state index in [1.807, 2.05) is 6.92 Å². The molecule has 1 N–H and O–H groups in total. The van der Waals surface area contributed by atoms with Crippen molar-refractivity contribution in [2.45, 2.75) is 26.3 Å². The highest BCUT2D eigenvalue weighted by molar-refractivity contribution is 5.29. The lowest BCUT2D eigenvalue weighted by Crippen LogP contribution is -2.41. The van der Waals surface area contributed by atoms with Gasteiger partial charge in [-0.1, -0.05) is 13.0 Å². The summed E-state index contributed by atoms with van der Waals surface area (Å²) in [6.07, 6.45) is 1.04. The van der Waals surface area contributed by atoms with Crippen molar-refractivity contribution in [3.63, 3.8) is 0 Å². The molecule has 3 nitrogen and oxygen atoms in total. The van der Waals surface area contributed by atoms with Crippen molar-refractivity contribution in [2.75, 3.05) is 26.4 Å². The minimum absolute atomic E-state index is 0.215. The first kappa shape index (κ1) is 14.3. The Morgan fingerprint density at radius 2 is 2.37 bits per heavy atom. The molecule has 2 rings (SSSR count). The van der Waals surface area contributed by atoms with Gasteiger partial charge in [0.25, 0.3) is 0 Å². The van der Waals surface area contributed by atoms with Crippen LogP contribution in [0.3, 0.4) is 0 Å². The summed E-state index contributed by atoms with van der Waals surface area (Å²) in [6.45, 7) is 6.92. The summed E-state index contributed by atoms with van der Waals surface area (Å²) in [5.74, 6) is 0.484. The molecule has 2 atom stereocenters. The highest BCUT2D eigenvalue weighted by Gasteiger charge is 2.25. The van der Waals surface area contributed by atoms with Crippen LogP contribution in [0, 0.1) is 18.7 Å². The zero-order valence-corrected chi connectivity index (χ0v) is 11.6. The third-order valence-corrected chi connectivity index (χ3v) is 3.51. The Bertz CT molecular complexity index is 405. The SMILES string of the molecule is CCNC(COc1cc(C)ccc1F)C1CCOC1. The van der Waals surface area contributed by atoms with Gasteiger partial charge < -0.3 is 14.8 Å². The van der Waals surface area contributed by atoms with Gasteiger partial charge in [0, 0.05) is 18.6 Å². The second-order valence-corrected chi connectivity index (χ2v) is 5.03. The molecule has 1 aromatic carbocycles. The molecule has 0 aliphatic carbocycles. The summed E-state index contributed by atoms with van der Waals surface area (Å²) >= 11 is 0. The van der Waals surface area contributed by atoms with Crippen LogP contribution in [0.5, 0.6) is 5.75 Å². The van der Waals surface area contributed by atoms with Gasteiger partial charge in [0.15, 0.2) is 11.6 Å². The van der Waals surface area contributed by atoms with E-state index in [0.29, 0.717) is 18.3 Å². The lowest BCUT2D eigenvalue weighted by Gasteiger charge is -2.23. The number of likely N-dealkylation sites (N-methyl/N-ethyl adjacent to an activating group) is 1. The number of ether oxygens (including phenoxy) is 2. The largest absolute Gasteiger partial charge is 0.489 e. The van der Waals surface area contributed by atoms with Gasteiger partial charge in [0.1, 0.15) is 6.61 Å². The highest BCUT2D eigenvalue weighted by Crippen LogP contribution is 2.21. The maximum atomic E-state index is 13.6. The fraction of sp³-hybridized carbons (Fsp3) is 0.600. The Kier molecular flexibility index (Phi) is 5.16. The summed E-state index contributed by atoms with van der Waals surface area (Å²) in [6, 6.07) is 5.15. The smallest absolute Gasteiger partial charge is 0.165 e. The maximum Gasteiger partial charge on any atom is 0.165 e. The van der Waals surface area contributed by atoms with Crippen LogP contribution < -0.4 is 10.1 Å². The van der Waals surface area contributed by atoms with Crippen LogP contribution in [0.4, 0.5) is 4.39 Å². The van der Waals surface area contributed by atoms with Gasteiger partial charge in [-0.25, -0.2) is 4.39 Å². The number of benzene rings is 1. The molecule has 1 saturated heterocycles. The molecule has 4 heteroatoms. The molecule has 1 heterocycles. The van der Waals surface area contributed by atoms with Crippen molar-refractivity contribution < 1.29 is 13.9 Å². The quantitative estimate of drug-likeness (QED) is 0.859. The van der Waals surface area contributed by atoms with Gasteiger partial charge in [-0.3, -0.25) is 0 Å². The monoisotopic (exact) mass is 267 g/mol. The first-order valence-electron chi connectivity index (χ1n) is 6.90. The number of nitrogens with one attached hydrogen (secondary N) is 1. The van der Waals surface area contributed by atoms with Crippen molar-refractivity contribution in [2.24, 2.45) is 5.92 Å². The normalized spacial score (nSPS) is 20.5. The highest BCUT2D eigenvalue weighted by atomic mass is 19.1. The Morgan fingerprint density at radius 3 is 3.05 bits per heavy atom. The number of aryl methyl sites for hydroxylation is 1. The van der Waals surface area contributed by atoms with E-state index in [1.54, 1.807) is 12.1 Å². The Labute approximate surface area is 114 Å². The first-order chi connectivity index (χ1) is 9.20. The van der Waals surface area contributed by atoms with E-state index in [1.165, 1.54) is 6.07 Å². The van der Waals surface area contributed by atoms with E-state index in [-0.39, 0.29) is 11.9 Å².